The van der Waals surface area contributed by atoms with Crippen LogP contribution in [0.1, 0.15) is 50.5 Å². The molecule has 0 aliphatic heterocycles. The van der Waals surface area contributed by atoms with Gasteiger partial charge in [-0.25, -0.2) is 0 Å². The lowest BCUT2D eigenvalue weighted by Gasteiger charge is -2.08. The summed E-state index contributed by atoms with van der Waals surface area (Å²) in [6, 6.07) is 4.78. The second kappa shape index (κ2) is 9.32. The Kier molecular flexibility index (Phi) is 8.57. The Hall–Kier alpha value is -1.61. The fourth-order valence-corrected chi connectivity index (χ4v) is 1.55. The van der Waals surface area contributed by atoms with E-state index in [-0.39, 0.29) is 0 Å². The molecule has 20 heavy (non-hydrogen) atoms. The third-order valence-corrected chi connectivity index (χ3v) is 2.49. The maximum atomic E-state index is 11.1. The van der Waals surface area contributed by atoms with E-state index in [0.717, 1.165) is 11.1 Å². The van der Waals surface area contributed by atoms with Crippen LogP contribution in [-0.2, 0) is 11.2 Å². The Balaban J connectivity index is 0.00000172. The Morgan fingerprint density at radius 3 is 2.25 bits per heavy atom. The van der Waals surface area contributed by atoms with E-state index in [0.29, 0.717) is 17.7 Å². The number of allylic oxidation sites excluding steroid dienone is 2. The van der Waals surface area contributed by atoms with Crippen LogP contribution in [0.15, 0.2) is 29.8 Å². The molecule has 0 fully saturated rings. The molecule has 0 radical (unpaired) electrons. The zero-order valence-corrected chi connectivity index (χ0v) is 13.4. The second-order valence-corrected chi connectivity index (χ2v) is 4.52. The molecular formula is C16H21ClO3. The third kappa shape index (κ3) is 6.53. The molecule has 3 nitrogen and oxygen atoms in total. The zero-order valence-electron chi connectivity index (χ0n) is 12.6. The summed E-state index contributed by atoms with van der Waals surface area (Å²) in [7, 11) is 0. The molecule has 0 N–H and O–H groups in total. The minimum absolute atomic E-state index is 0.390. The van der Waals surface area contributed by atoms with Gasteiger partial charge in [-0.3, -0.25) is 9.59 Å². The largest absolute Gasteiger partial charge is 0.426 e. The number of carbonyl (C=O) groups is 2. The van der Waals surface area contributed by atoms with Crippen molar-refractivity contribution >= 4 is 22.8 Å². The first-order chi connectivity index (χ1) is 9.40. The maximum absolute atomic E-state index is 11.1. The smallest absolute Gasteiger partial charge is 0.308 e. The molecule has 0 saturated carbocycles. The molecule has 1 aromatic rings. The molecule has 0 bridgehead atoms. The SMILES string of the molecule is CC.CC(=O)Oc1ccc(C(=O)Cl)cc1CC=C(C)C. The number of halogens is 1. The third-order valence-electron chi connectivity index (χ3n) is 2.27. The summed E-state index contributed by atoms with van der Waals surface area (Å²) in [5, 5.41) is -0.525. The van der Waals surface area contributed by atoms with E-state index in [2.05, 4.69) is 0 Å². The van der Waals surface area contributed by atoms with Crippen LogP contribution in [0.25, 0.3) is 0 Å². The first-order valence-corrected chi connectivity index (χ1v) is 6.92. The topological polar surface area (TPSA) is 43.4 Å². The van der Waals surface area contributed by atoms with Gasteiger partial charge in [0, 0.05) is 12.5 Å². The molecular weight excluding hydrogens is 276 g/mol. The van der Waals surface area contributed by atoms with Crippen molar-refractivity contribution in [3.05, 3.63) is 41.0 Å². The number of ether oxygens (including phenoxy) is 1. The predicted molar refractivity (Wildman–Crippen MR) is 82.4 cm³/mol. The van der Waals surface area contributed by atoms with Crippen molar-refractivity contribution in [2.45, 2.75) is 41.0 Å². The predicted octanol–water partition coefficient (Wildman–Crippen LogP) is 4.53. The quantitative estimate of drug-likeness (QED) is 0.355. The summed E-state index contributed by atoms with van der Waals surface area (Å²) in [6.45, 7) is 9.29. The molecule has 0 amide bonds. The van der Waals surface area contributed by atoms with E-state index in [1.807, 2.05) is 33.8 Å². The summed E-state index contributed by atoms with van der Waals surface area (Å²) in [6.07, 6.45) is 2.58. The van der Waals surface area contributed by atoms with Crippen LogP contribution in [-0.4, -0.2) is 11.2 Å². The summed E-state index contributed by atoms with van der Waals surface area (Å²) >= 11 is 5.43. The van der Waals surface area contributed by atoms with Gasteiger partial charge < -0.3 is 4.74 Å². The van der Waals surface area contributed by atoms with E-state index >= 15 is 0 Å². The van der Waals surface area contributed by atoms with Gasteiger partial charge in [0.15, 0.2) is 0 Å². The molecule has 110 valence electrons. The highest BCUT2D eigenvalue weighted by atomic mass is 35.5. The average Bonchev–Trinajstić information content (AvgIpc) is 2.38. The van der Waals surface area contributed by atoms with Crippen molar-refractivity contribution in [3.63, 3.8) is 0 Å². The van der Waals surface area contributed by atoms with Gasteiger partial charge in [0.1, 0.15) is 5.75 Å². The molecule has 0 atom stereocenters. The number of benzene rings is 1. The molecule has 4 heteroatoms. The summed E-state index contributed by atoms with van der Waals surface area (Å²) in [5.41, 5.74) is 2.30. The van der Waals surface area contributed by atoms with Crippen LogP contribution >= 0.6 is 11.6 Å². The Labute approximate surface area is 125 Å². The number of hydrogen-bond donors (Lipinski definition) is 0. The number of hydrogen-bond acceptors (Lipinski definition) is 3. The fraction of sp³-hybridized carbons (Fsp3) is 0.375. The fourth-order valence-electron chi connectivity index (χ4n) is 1.43. The minimum Gasteiger partial charge on any atom is -0.426 e. The summed E-state index contributed by atoms with van der Waals surface area (Å²) in [5.74, 6) is 0.0695. The van der Waals surface area contributed by atoms with Crippen LogP contribution in [0.4, 0.5) is 0 Å². The van der Waals surface area contributed by atoms with E-state index in [1.54, 1.807) is 18.2 Å². The molecule has 1 rings (SSSR count). The van der Waals surface area contributed by atoms with E-state index in [1.165, 1.54) is 6.92 Å². The van der Waals surface area contributed by atoms with Crippen molar-refractivity contribution < 1.29 is 14.3 Å². The van der Waals surface area contributed by atoms with Gasteiger partial charge in [0.2, 0.25) is 0 Å². The van der Waals surface area contributed by atoms with Crippen LogP contribution < -0.4 is 4.74 Å². The van der Waals surface area contributed by atoms with E-state index in [9.17, 15) is 9.59 Å². The zero-order chi connectivity index (χ0) is 15.7. The lowest BCUT2D eigenvalue weighted by atomic mass is 10.1. The lowest BCUT2D eigenvalue weighted by Crippen LogP contribution is -2.05. The van der Waals surface area contributed by atoms with Crippen LogP contribution in [0.3, 0.4) is 0 Å². The minimum atomic E-state index is -0.525. The Bertz CT molecular complexity index is 500. The van der Waals surface area contributed by atoms with Gasteiger partial charge in [-0.05, 0) is 55.6 Å². The summed E-state index contributed by atoms with van der Waals surface area (Å²) in [4.78, 5) is 22.1. The first kappa shape index (κ1) is 18.4. The highest BCUT2D eigenvalue weighted by Gasteiger charge is 2.09. The molecule has 0 aromatic heterocycles. The normalized spacial score (nSPS) is 9.10. The van der Waals surface area contributed by atoms with Crippen LogP contribution in [0, 0.1) is 0 Å². The van der Waals surface area contributed by atoms with Gasteiger partial charge in [0.05, 0.1) is 0 Å². The molecule has 1 aromatic carbocycles. The van der Waals surface area contributed by atoms with Gasteiger partial charge in [-0.15, -0.1) is 0 Å². The molecule has 0 aliphatic rings. The van der Waals surface area contributed by atoms with Crippen LogP contribution in [0.2, 0.25) is 0 Å². The van der Waals surface area contributed by atoms with Crippen LogP contribution in [0.5, 0.6) is 5.75 Å². The molecule has 0 unspecified atom stereocenters. The first-order valence-electron chi connectivity index (χ1n) is 6.54. The van der Waals surface area contributed by atoms with Crippen molar-refractivity contribution in [2.75, 3.05) is 0 Å². The standard InChI is InChI=1S/C14H15ClO3.C2H6/c1-9(2)4-5-11-8-12(14(15)17)6-7-13(11)18-10(3)16;1-2/h4,6-8H,5H2,1-3H3;1-2H3. The molecule has 0 spiro atoms. The average molecular weight is 297 g/mol. The van der Waals surface area contributed by atoms with Crippen molar-refractivity contribution in [3.8, 4) is 5.75 Å². The van der Waals surface area contributed by atoms with Crippen molar-refractivity contribution in [1.29, 1.82) is 0 Å². The molecule has 0 saturated heterocycles. The number of rotatable bonds is 4. The van der Waals surface area contributed by atoms with Gasteiger partial charge in [-0.1, -0.05) is 25.5 Å². The Morgan fingerprint density at radius 1 is 1.20 bits per heavy atom. The number of esters is 1. The Morgan fingerprint density at radius 2 is 1.80 bits per heavy atom. The van der Waals surface area contributed by atoms with Gasteiger partial charge in [0.25, 0.3) is 5.24 Å². The monoisotopic (exact) mass is 296 g/mol. The van der Waals surface area contributed by atoms with E-state index in [4.69, 9.17) is 16.3 Å². The highest BCUT2D eigenvalue weighted by molar-refractivity contribution is 6.67. The van der Waals surface area contributed by atoms with Gasteiger partial charge in [-0.2, -0.15) is 0 Å². The van der Waals surface area contributed by atoms with Crippen molar-refractivity contribution in [2.24, 2.45) is 0 Å². The highest BCUT2D eigenvalue weighted by Crippen LogP contribution is 2.22. The lowest BCUT2D eigenvalue weighted by molar-refractivity contribution is -0.131. The molecule has 0 heterocycles. The maximum Gasteiger partial charge on any atom is 0.308 e. The van der Waals surface area contributed by atoms with Gasteiger partial charge >= 0.3 is 5.97 Å². The van der Waals surface area contributed by atoms with E-state index < -0.39 is 11.2 Å². The molecule has 0 aliphatic carbocycles. The number of carbonyl (C=O) groups excluding carboxylic acids is 2. The van der Waals surface area contributed by atoms with Crippen molar-refractivity contribution in [1.82, 2.24) is 0 Å². The second-order valence-electron chi connectivity index (χ2n) is 4.18. The summed E-state index contributed by atoms with van der Waals surface area (Å²) < 4.78 is 5.09.